The third kappa shape index (κ3) is 3.12. The van der Waals surface area contributed by atoms with E-state index in [1.165, 1.54) is 32.1 Å². The van der Waals surface area contributed by atoms with Crippen molar-refractivity contribution in [3.05, 3.63) is 0 Å². The van der Waals surface area contributed by atoms with Crippen molar-refractivity contribution < 1.29 is 4.74 Å². The largest absolute Gasteiger partial charge is 0.377 e. The molecule has 1 aliphatic carbocycles. The summed E-state index contributed by atoms with van der Waals surface area (Å²) in [5, 5.41) is 0. The summed E-state index contributed by atoms with van der Waals surface area (Å²) in [5.74, 6) is 0. The van der Waals surface area contributed by atoms with E-state index in [-0.39, 0.29) is 0 Å². The highest BCUT2D eigenvalue weighted by molar-refractivity contribution is 9.09. The molecule has 0 aliphatic heterocycles. The normalized spacial score (nSPS) is 33.3. The molecule has 0 N–H and O–H groups in total. The van der Waals surface area contributed by atoms with Crippen LogP contribution in [0.2, 0.25) is 0 Å². The zero-order chi connectivity index (χ0) is 8.10. The van der Waals surface area contributed by atoms with Crippen LogP contribution in [0.5, 0.6) is 0 Å². The monoisotopic (exact) mass is 220 g/mol. The summed E-state index contributed by atoms with van der Waals surface area (Å²) in [6, 6.07) is 0. The standard InChI is InChI=1S/C9H17BrO/c1-2-11-9-7-5-3-4-6-8(9)10/h8-9H,2-7H2,1H3. The molecule has 0 amide bonds. The Morgan fingerprint density at radius 3 is 2.73 bits per heavy atom. The van der Waals surface area contributed by atoms with Gasteiger partial charge in [-0.05, 0) is 19.8 Å². The molecule has 66 valence electrons. The summed E-state index contributed by atoms with van der Waals surface area (Å²) in [7, 11) is 0. The molecule has 11 heavy (non-hydrogen) atoms. The molecule has 1 nitrogen and oxygen atoms in total. The van der Waals surface area contributed by atoms with Crippen molar-refractivity contribution in [2.24, 2.45) is 0 Å². The van der Waals surface area contributed by atoms with Gasteiger partial charge in [0.25, 0.3) is 0 Å². The Hall–Kier alpha value is 0.440. The lowest BCUT2D eigenvalue weighted by atomic mass is 10.1. The first kappa shape index (κ1) is 9.53. The molecule has 1 rings (SSSR count). The maximum atomic E-state index is 5.63. The van der Waals surface area contributed by atoms with Gasteiger partial charge in [-0.3, -0.25) is 0 Å². The van der Waals surface area contributed by atoms with Crippen molar-refractivity contribution in [2.75, 3.05) is 6.61 Å². The predicted molar refractivity (Wildman–Crippen MR) is 51.2 cm³/mol. The van der Waals surface area contributed by atoms with Crippen LogP contribution in [0.4, 0.5) is 0 Å². The SMILES string of the molecule is CCOC1CCCCCC1Br. The van der Waals surface area contributed by atoms with E-state index in [4.69, 9.17) is 4.74 Å². The van der Waals surface area contributed by atoms with Crippen molar-refractivity contribution >= 4 is 15.9 Å². The van der Waals surface area contributed by atoms with E-state index in [1.807, 2.05) is 0 Å². The lowest BCUT2D eigenvalue weighted by Crippen LogP contribution is -2.22. The van der Waals surface area contributed by atoms with Crippen molar-refractivity contribution in [1.29, 1.82) is 0 Å². The molecule has 0 aromatic rings. The maximum absolute atomic E-state index is 5.63. The Morgan fingerprint density at radius 1 is 1.27 bits per heavy atom. The zero-order valence-electron chi connectivity index (χ0n) is 7.18. The fourth-order valence-electron chi connectivity index (χ4n) is 1.63. The quantitative estimate of drug-likeness (QED) is 0.514. The van der Waals surface area contributed by atoms with Gasteiger partial charge in [0.05, 0.1) is 6.10 Å². The van der Waals surface area contributed by atoms with Gasteiger partial charge in [0.15, 0.2) is 0 Å². The second-order valence-corrected chi connectivity index (χ2v) is 4.32. The fraction of sp³-hybridized carbons (Fsp3) is 1.00. The van der Waals surface area contributed by atoms with E-state index in [0.717, 1.165) is 6.61 Å². The minimum Gasteiger partial charge on any atom is -0.377 e. The van der Waals surface area contributed by atoms with Gasteiger partial charge in [-0.15, -0.1) is 0 Å². The number of hydrogen-bond acceptors (Lipinski definition) is 1. The third-order valence-corrected chi connectivity index (χ3v) is 3.30. The van der Waals surface area contributed by atoms with E-state index < -0.39 is 0 Å². The highest BCUT2D eigenvalue weighted by atomic mass is 79.9. The molecule has 0 saturated heterocycles. The average molecular weight is 221 g/mol. The number of alkyl halides is 1. The van der Waals surface area contributed by atoms with E-state index in [9.17, 15) is 0 Å². The van der Waals surface area contributed by atoms with E-state index >= 15 is 0 Å². The Kier molecular flexibility index (Phi) is 4.46. The minimum absolute atomic E-state index is 0.475. The Labute approximate surface area is 77.6 Å². The molecular formula is C9H17BrO. The zero-order valence-corrected chi connectivity index (χ0v) is 8.77. The lowest BCUT2D eigenvalue weighted by Gasteiger charge is -2.19. The number of hydrogen-bond donors (Lipinski definition) is 0. The first-order chi connectivity index (χ1) is 5.34. The molecule has 2 unspecified atom stereocenters. The highest BCUT2D eigenvalue weighted by Crippen LogP contribution is 2.25. The smallest absolute Gasteiger partial charge is 0.0699 e. The molecule has 0 aromatic carbocycles. The van der Waals surface area contributed by atoms with Crippen LogP contribution in [-0.2, 0) is 4.74 Å². The number of ether oxygens (including phenoxy) is 1. The summed E-state index contributed by atoms with van der Waals surface area (Å²) in [5.41, 5.74) is 0. The minimum atomic E-state index is 0.475. The van der Waals surface area contributed by atoms with Crippen LogP contribution in [0.1, 0.15) is 39.0 Å². The second-order valence-electron chi connectivity index (χ2n) is 3.15. The van der Waals surface area contributed by atoms with Crippen molar-refractivity contribution in [3.63, 3.8) is 0 Å². The summed E-state index contributed by atoms with van der Waals surface area (Å²) in [6.07, 6.45) is 7.08. The van der Waals surface area contributed by atoms with E-state index in [2.05, 4.69) is 22.9 Å². The van der Waals surface area contributed by atoms with Crippen LogP contribution in [0, 0.1) is 0 Å². The summed E-state index contributed by atoms with van der Waals surface area (Å²) >= 11 is 3.68. The number of rotatable bonds is 2. The topological polar surface area (TPSA) is 9.23 Å². The number of halogens is 1. The van der Waals surface area contributed by atoms with E-state index in [1.54, 1.807) is 0 Å². The Balaban J connectivity index is 2.32. The van der Waals surface area contributed by atoms with Crippen LogP contribution in [-0.4, -0.2) is 17.5 Å². The van der Waals surface area contributed by atoms with Crippen molar-refractivity contribution in [3.8, 4) is 0 Å². The summed E-state index contributed by atoms with van der Waals surface area (Å²) in [6.45, 7) is 2.93. The molecule has 0 radical (unpaired) electrons. The van der Waals surface area contributed by atoms with Crippen LogP contribution in [0.15, 0.2) is 0 Å². The van der Waals surface area contributed by atoms with Crippen LogP contribution < -0.4 is 0 Å². The first-order valence-electron chi connectivity index (χ1n) is 4.60. The van der Waals surface area contributed by atoms with Gasteiger partial charge in [0, 0.05) is 11.4 Å². The summed E-state index contributed by atoms with van der Waals surface area (Å²) in [4.78, 5) is 0.602. The van der Waals surface area contributed by atoms with Gasteiger partial charge < -0.3 is 4.74 Å². The van der Waals surface area contributed by atoms with Crippen LogP contribution >= 0.6 is 15.9 Å². The Bertz CT molecular complexity index is 106. The van der Waals surface area contributed by atoms with Crippen molar-refractivity contribution in [2.45, 2.75) is 50.0 Å². The predicted octanol–water partition coefficient (Wildman–Crippen LogP) is 3.12. The van der Waals surface area contributed by atoms with Gasteiger partial charge in [-0.25, -0.2) is 0 Å². The fourth-order valence-corrected chi connectivity index (χ4v) is 2.37. The van der Waals surface area contributed by atoms with Gasteiger partial charge >= 0.3 is 0 Å². The maximum Gasteiger partial charge on any atom is 0.0699 e. The molecule has 1 saturated carbocycles. The Morgan fingerprint density at radius 2 is 2.00 bits per heavy atom. The van der Waals surface area contributed by atoms with Gasteiger partial charge in [-0.1, -0.05) is 35.2 Å². The molecule has 0 bridgehead atoms. The first-order valence-corrected chi connectivity index (χ1v) is 5.52. The van der Waals surface area contributed by atoms with Gasteiger partial charge in [0.2, 0.25) is 0 Å². The molecule has 0 spiro atoms. The third-order valence-electron chi connectivity index (χ3n) is 2.25. The molecule has 0 heterocycles. The molecule has 2 atom stereocenters. The van der Waals surface area contributed by atoms with Crippen LogP contribution in [0.3, 0.4) is 0 Å². The molecular weight excluding hydrogens is 204 g/mol. The molecule has 1 fully saturated rings. The van der Waals surface area contributed by atoms with Crippen LogP contribution in [0.25, 0.3) is 0 Å². The molecule has 0 aromatic heterocycles. The van der Waals surface area contributed by atoms with E-state index in [0.29, 0.717) is 10.9 Å². The molecule has 2 heteroatoms. The van der Waals surface area contributed by atoms with Gasteiger partial charge in [0.1, 0.15) is 0 Å². The van der Waals surface area contributed by atoms with Crippen molar-refractivity contribution in [1.82, 2.24) is 0 Å². The van der Waals surface area contributed by atoms with Gasteiger partial charge in [-0.2, -0.15) is 0 Å². The molecule has 1 aliphatic rings. The highest BCUT2D eigenvalue weighted by Gasteiger charge is 2.20. The summed E-state index contributed by atoms with van der Waals surface area (Å²) < 4.78 is 5.63. The second kappa shape index (κ2) is 5.15. The average Bonchev–Trinajstić information content (AvgIpc) is 2.18. The lowest BCUT2D eigenvalue weighted by molar-refractivity contribution is 0.0579.